The van der Waals surface area contributed by atoms with E-state index in [0.29, 0.717) is 4.90 Å². The highest BCUT2D eigenvalue weighted by Crippen LogP contribution is 2.28. The smallest absolute Gasteiger partial charge is 0.240 e. The molecule has 0 spiro atoms. The second-order valence-electron chi connectivity index (χ2n) is 9.08. The average molecular weight is 459 g/mol. The fourth-order valence-corrected chi connectivity index (χ4v) is 6.46. The van der Waals surface area contributed by atoms with E-state index < -0.39 is 10.0 Å². The summed E-state index contributed by atoms with van der Waals surface area (Å²) >= 11 is 0. The molecule has 4 nitrogen and oxygen atoms in total. The number of rotatable bonds is 6. The number of sulfonamides is 1. The minimum absolute atomic E-state index is 0.0861. The molecule has 4 aromatic rings. The van der Waals surface area contributed by atoms with Crippen LogP contribution in [0.15, 0.2) is 89.8 Å². The SMILES string of the molecule is CC(N[C@H]1CCCCC1NS(=O)(=O)c1ccc2ccccc2c1)c1cccc2ccccc12. The Labute approximate surface area is 196 Å². The summed E-state index contributed by atoms with van der Waals surface area (Å²) in [6.07, 6.45) is 3.94. The fraction of sp³-hybridized carbons (Fsp3) is 0.286. The zero-order valence-electron chi connectivity index (χ0n) is 18.9. The Morgan fingerprint density at radius 1 is 0.758 bits per heavy atom. The predicted octanol–water partition coefficient (Wildman–Crippen LogP) is 5.93. The highest BCUT2D eigenvalue weighted by atomic mass is 32.2. The van der Waals surface area contributed by atoms with E-state index >= 15 is 0 Å². The number of hydrogen-bond donors (Lipinski definition) is 2. The minimum atomic E-state index is -3.61. The van der Waals surface area contributed by atoms with Crippen molar-refractivity contribution in [3.63, 3.8) is 0 Å². The number of hydrogen-bond acceptors (Lipinski definition) is 3. The summed E-state index contributed by atoms with van der Waals surface area (Å²) in [5.41, 5.74) is 1.25. The van der Waals surface area contributed by atoms with Gasteiger partial charge in [0.1, 0.15) is 0 Å². The Morgan fingerprint density at radius 2 is 1.42 bits per heavy atom. The quantitative estimate of drug-likeness (QED) is 0.376. The molecule has 1 aliphatic rings. The van der Waals surface area contributed by atoms with Crippen molar-refractivity contribution in [3.05, 3.63) is 90.5 Å². The van der Waals surface area contributed by atoms with Gasteiger partial charge >= 0.3 is 0 Å². The summed E-state index contributed by atoms with van der Waals surface area (Å²) in [5, 5.41) is 8.19. The first kappa shape index (κ1) is 22.1. The van der Waals surface area contributed by atoms with Crippen molar-refractivity contribution in [1.29, 1.82) is 0 Å². The monoisotopic (exact) mass is 458 g/mol. The molecule has 4 aromatic carbocycles. The van der Waals surface area contributed by atoms with Crippen LogP contribution in [0, 0.1) is 0 Å². The molecular weight excluding hydrogens is 428 g/mol. The summed E-state index contributed by atoms with van der Waals surface area (Å²) in [6, 6.07) is 28.1. The van der Waals surface area contributed by atoms with Crippen LogP contribution in [-0.4, -0.2) is 20.5 Å². The van der Waals surface area contributed by atoms with E-state index in [1.165, 1.54) is 16.3 Å². The second kappa shape index (κ2) is 9.26. The van der Waals surface area contributed by atoms with Gasteiger partial charge in [-0.25, -0.2) is 13.1 Å². The van der Waals surface area contributed by atoms with Crippen LogP contribution in [0.4, 0.5) is 0 Å². The number of fused-ring (bicyclic) bond motifs is 2. The molecule has 2 N–H and O–H groups in total. The van der Waals surface area contributed by atoms with Crippen molar-refractivity contribution in [3.8, 4) is 0 Å². The zero-order valence-corrected chi connectivity index (χ0v) is 19.7. The van der Waals surface area contributed by atoms with E-state index in [-0.39, 0.29) is 18.1 Å². The van der Waals surface area contributed by atoms with Crippen LogP contribution in [0.2, 0.25) is 0 Å². The van der Waals surface area contributed by atoms with E-state index in [0.717, 1.165) is 36.5 Å². The van der Waals surface area contributed by atoms with Gasteiger partial charge in [0.15, 0.2) is 0 Å². The van der Waals surface area contributed by atoms with E-state index in [1.807, 2.05) is 30.3 Å². The van der Waals surface area contributed by atoms with Crippen molar-refractivity contribution in [2.24, 2.45) is 0 Å². The molecule has 0 amide bonds. The van der Waals surface area contributed by atoms with Gasteiger partial charge in [-0.1, -0.05) is 85.6 Å². The largest absolute Gasteiger partial charge is 0.306 e. The lowest BCUT2D eigenvalue weighted by atomic mass is 9.89. The van der Waals surface area contributed by atoms with Gasteiger partial charge in [0.05, 0.1) is 4.90 Å². The summed E-state index contributed by atoms with van der Waals surface area (Å²) in [4.78, 5) is 0.327. The molecule has 5 rings (SSSR count). The molecule has 33 heavy (non-hydrogen) atoms. The van der Waals surface area contributed by atoms with Crippen LogP contribution in [0.5, 0.6) is 0 Å². The summed E-state index contributed by atoms with van der Waals surface area (Å²) < 4.78 is 29.6. The first-order valence-corrected chi connectivity index (χ1v) is 13.2. The summed E-state index contributed by atoms with van der Waals surface area (Å²) in [5.74, 6) is 0. The normalized spacial score (nSPS) is 20.2. The molecule has 170 valence electrons. The Bertz CT molecular complexity index is 1380. The van der Waals surface area contributed by atoms with Gasteiger partial charge in [0.25, 0.3) is 0 Å². The molecule has 1 fully saturated rings. The highest BCUT2D eigenvalue weighted by molar-refractivity contribution is 7.89. The maximum atomic E-state index is 13.3. The van der Waals surface area contributed by atoms with Crippen molar-refractivity contribution in [2.45, 2.75) is 55.6 Å². The molecule has 0 bridgehead atoms. The van der Waals surface area contributed by atoms with Crippen LogP contribution in [-0.2, 0) is 10.0 Å². The van der Waals surface area contributed by atoms with Gasteiger partial charge in [-0.2, -0.15) is 0 Å². The molecule has 0 aromatic heterocycles. The van der Waals surface area contributed by atoms with E-state index in [4.69, 9.17) is 0 Å². The summed E-state index contributed by atoms with van der Waals surface area (Å²) in [6.45, 7) is 2.17. The summed E-state index contributed by atoms with van der Waals surface area (Å²) in [7, 11) is -3.61. The number of benzene rings is 4. The lowest BCUT2D eigenvalue weighted by Gasteiger charge is -2.35. The predicted molar refractivity (Wildman–Crippen MR) is 136 cm³/mol. The van der Waals surface area contributed by atoms with Gasteiger partial charge in [-0.05, 0) is 59.0 Å². The van der Waals surface area contributed by atoms with Crippen molar-refractivity contribution in [2.75, 3.05) is 0 Å². The van der Waals surface area contributed by atoms with Crippen molar-refractivity contribution < 1.29 is 8.42 Å². The van der Waals surface area contributed by atoms with Gasteiger partial charge in [0, 0.05) is 18.1 Å². The van der Waals surface area contributed by atoms with Gasteiger partial charge < -0.3 is 5.32 Å². The molecule has 5 heteroatoms. The van der Waals surface area contributed by atoms with E-state index in [9.17, 15) is 8.42 Å². The molecule has 1 saturated carbocycles. The van der Waals surface area contributed by atoms with Crippen LogP contribution < -0.4 is 10.0 Å². The Balaban J connectivity index is 1.37. The maximum absolute atomic E-state index is 13.3. The highest BCUT2D eigenvalue weighted by Gasteiger charge is 2.30. The van der Waals surface area contributed by atoms with Crippen molar-refractivity contribution in [1.82, 2.24) is 10.0 Å². The third kappa shape index (κ3) is 4.67. The van der Waals surface area contributed by atoms with Crippen molar-refractivity contribution >= 4 is 31.6 Å². The molecule has 1 aliphatic carbocycles. The van der Waals surface area contributed by atoms with Gasteiger partial charge in [-0.15, -0.1) is 0 Å². The lowest BCUT2D eigenvalue weighted by molar-refractivity contribution is 0.291. The van der Waals surface area contributed by atoms with E-state index in [1.54, 1.807) is 12.1 Å². The molecule has 2 unspecified atom stereocenters. The minimum Gasteiger partial charge on any atom is -0.306 e. The molecule has 0 heterocycles. The second-order valence-corrected chi connectivity index (χ2v) is 10.8. The third-order valence-corrected chi connectivity index (χ3v) is 8.35. The molecule has 0 aliphatic heterocycles. The average Bonchev–Trinajstić information content (AvgIpc) is 2.84. The first-order valence-electron chi connectivity index (χ1n) is 11.8. The Kier molecular flexibility index (Phi) is 6.19. The first-order chi connectivity index (χ1) is 16.0. The standard InChI is InChI=1S/C28H30N2O2S/c1-20(25-14-8-12-22-10-4-5-13-26(22)25)29-27-15-6-7-16-28(27)30-33(31,32)24-18-17-21-9-2-3-11-23(21)19-24/h2-5,8-14,17-20,27-30H,6-7,15-16H2,1H3/t20?,27-,28?/m0/s1. The van der Waals surface area contributed by atoms with E-state index in [2.05, 4.69) is 59.4 Å². The number of nitrogens with one attached hydrogen (secondary N) is 2. The van der Waals surface area contributed by atoms with Crippen LogP contribution >= 0.6 is 0 Å². The fourth-order valence-electron chi connectivity index (χ4n) is 5.11. The van der Waals surface area contributed by atoms with Gasteiger partial charge in [0.2, 0.25) is 10.0 Å². The molecule has 0 radical (unpaired) electrons. The third-order valence-electron chi connectivity index (χ3n) is 6.86. The Hall–Kier alpha value is -2.73. The Morgan fingerprint density at radius 3 is 2.24 bits per heavy atom. The van der Waals surface area contributed by atoms with Crippen LogP contribution in [0.1, 0.15) is 44.2 Å². The van der Waals surface area contributed by atoms with Gasteiger partial charge in [-0.3, -0.25) is 0 Å². The lowest BCUT2D eigenvalue weighted by Crippen LogP contribution is -2.52. The van der Waals surface area contributed by atoms with Crippen LogP contribution in [0.3, 0.4) is 0 Å². The van der Waals surface area contributed by atoms with Crippen LogP contribution in [0.25, 0.3) is 21.5 Å². The molecule has 0 saturated heterocycles. The topological polar surface area (TPSA) is 58.2 Å². The molecule has 3 atom stereocenters. The zero-order chi connectivity index (χ0) is 22.8. The molecular formula is C28H30N2O2S. The maximum Gasteiger partial charge on any atom is 0.240 e.